The zero-order chi connectivity index (χ0) is 15.0. The molecule has 1 aromatic carbocycles. The molecule has 0 saturated carbocycles. The fourth-order valence-electron chi connectivity index (χ4n) is 2.43. The smallest absolute Gasteiger partial charge is 0.289 e. The second-order valence-electron chi connectivity index (χ2n) is 5.12. The number of anilines is 1. The maximum atomic E-state index is 11.8. The Morgan fingerprint density at radius 3 is 2.25 bits per heavy atom. The van der Waals surface area contributed by atoms with E-state index in [-0.39, 0.29) is 11.4 Å². The third-order valence-corrected chi connectivity index (χ3v) is 3.54. The Morgan fingerprint density at radius 1 is 1.25 bits per heavy atom. The number of hydrogen-bond donors (Lipinski definition) is 1. The maximum Gasteiger partial charge on any atom is 0.289 e. The number of amides is 1. The van der Waals surface area contributed by atoms with Crippen LogP contribution in [0.25, 0.3) is 0 Å². The molecule has 2 rings (SSSR count). The van der Waals surface area contributed by atoms with Gasteiger partial charge in [0.1, 0.15) is 0 Å². The lowest BCUT2D eigenvalue weighted by Crippen LogP contribution is -2.26. The highest BCUT2D eigenvalue weighted by Crippen LogP contribution is 2.36. The van der Waals surface area contributed by atoms with E-state index in [1.165, 1.54) is 11.8 Å². The summed E-state index contributed by atoms with van der Waals surface area (Å²) < 4.78 is 0. The zero-order valence-corrected chi connectivity index (χ0v) is 12.0. The highest BCUT2D eigenvalue weighted by atomic mass is 16.3. The van der Waals surface area contributed by atoms with Crippen molar-refractivity contribution in [1.82, 2.24) is 4.90 Å². The Balaban J connectivity index is 2.45. The largest absolute Gasteiger partial charge is 0.503 e. The molecule has 20 heavy (non-hydrogen) atoms. The zero-order valence-electron chi connectivity index (χ0n) is 12.0. The molecule has 1 amide bonds. The molecule has 0 spiro atoms. The highest BCUT2D eigenvalue weighted by Gasteiger charge is 2.40. The van der Waals surface area contributed by atoms with Gasteiger partial charge in [-0.3, -0.25) is 9.59 Å². The van der Waals surface area contributed by atoms with Crippen LogP contribution in [-0.2, 0) is 9.59 Å². The number of rotatable bonds is 3. The monoisotopic (exact) mass is 274 g/mol. The molecule has 0 aliphatic carbocycles. The first-order chi connectivity index (χ1) is 9.34. The molecule has 1 unspecified atom stereocenters. The van der Waals surface area contributed by atoms with E-state index in [0.29, 0.717) is 0 Å². The van der Waals surface area contributed by atoms with E-state index in [9.17, 15) is 14.7 Å². The lowest BCUT2D eigenvalue weighted by atomic mass is 9.97. The summed E-state index contributed by atoms with van der Waals surface area (Å²) in [7, 11) is 5.46. The van der Waals surface area contributed by atoms with E-state index >= 15 is 0 Å². The number of ketones is 1. The van der Waals surface area contributed by atoms with E-state index in [2.05, 4.69) is 0 Å². The maximum absolute atomic E-state index is 11.8. The number of nitrogens with zero attached hydrogens (tertiary/aromatic N) is 2. The minimum Gasteiger partial charge on any atom is -0.503 e. The summed E-state index contributed by atoms with van der Waals surface area (Å²) in [5, 5.41) is 9.83. The van der Waals surface area contributed by atoms with Gasteiger partial charge in [-0.2, -0.15) is 0 Å². The summed E-state index contributed by atoms with van der Waals surface area (Å²) in [4.78, 5) is 26.9. The van der Waals surface area contributed by atoms with Crippen molar-refractivity contribution in [2.24, 2.45) is 0 Å². The average Bonchev–Trinajstić information content (AvgIpc) is 2.63. The average molecular weight is 274 g/mol. The minimum atomic E-state index is -0.517. The molecule has 0 saturated heterocycles. The third kappa shape index (κ3) is 2.15. The normalized spacial score (nSPS) is 18.7. The molecular formula is C15H18N2O3. The summed E-state index contributed by atoms with van der Waals surface area (Å²) in [6.45, 7) is 1.36. The van der Waals surface area contributed by atoms with Crippen LogP contribution >= 0.6 is 0 Å². The van der Waals surface area contributed by atoms with E-state index in [1.54, 1.807) is 7.05 Å². The molecule has 1 aliphatic rings. The van der Waals surface area contributed by atoms with E-state index in [0.717, 1.165) is 11.3 Å². The predicted octanol–water partition coefficient (Wildman–Crippen LogP) is 1.67. The number of aliphatic hydroxyl groups is 1. The number of likely N-dealkylation sites (N-methyl/N-ethyl adjacent to an activating group) is 1. The summed E-state index contributed by atoms with van der Waals surface area (Å²) in [6, 6.07) is 7.05. The van der Waals surface area contributed by atoms with Gasteiger partial charge in [0.05, 0.1) is 11.6 Å². The lowest BCUT2D eigenvalue weighted by Gasteiger charge is -2.23. The van der Waals surface area contributed by atoms with Crippen LogP contribution in [0.2, 0.25) is 0 Å². The number of aliphatic hydroxyl groups excluding tert-OH is 1. The summed E-state index contributed by atoms with van der Waals surface area (Å²) in [5.74, 6) is -1.25. The van der Waals surface area contributed by atoms with Crippen molar-refractivity contribution in [3.05, 3.63) is 41.2 Å². The SMILES string of the molecule is CC(=O)C1=C(O)C(=O)N(C)C1c1ccc(N(C)C)cc1. The van der Waals surface area contributed by atoms with Crippen molar-refractivity contribution in [2.45, 2.75) is 13.0 Å². The molecule has 1 aromatic rings. The van der Waals surface area contributed by atoms with Gasteiger partial charge in [0.15, 0.2) is 11.5 Å². The van der Waals surface area contributed by atoms with Crippen molar-refractivity contribution in [3.63, 3.8) is 0 Å². The topological polar surface area (TPSA) is 60.9 Å². The van der Waals surface area contributed by atoms with E-state index < -0.39 is 17.7 Å². The van der Waals surface area contributed by atoms with Gasteiger partial charge in [0.25, 0.3) is 5.91 Å². The minimum absolute atomic E-state index is 0.162. The van der Waals surface area contributed by atoms with Gasteiger partial charge in [-0.25, -0.2) is 0 Å². The van der Waals surface area contributed by atoms with Crippen LogP contribution in [0.1, 0.15) is 18.5 Å². The first kappa shape index (κ1) is 14.1. The molecule has 0 radical (unpaired) electrons. The summed E-state index contributed by atoms with van der Waals surface area (Å²) >= 11 is 0. The Hall–Kier alpha value is -2.30. The van der Waals surface area contributed by atoms with Crippen molar-refractivity contribution in [2.75, 3.05) is 26.0 Å². The predicted molar refractivity (Wildman–Crippen MR) is 76.6 cm³/mol. The fourth-order valence-corrected chi connectivity index (χ4v) is 2.43. The van der Waals surface area contributed by atoms with Gasteiger partial charge in [0.2, 0.25) is 0 Å². The second kappa shape index (κ2) is 5.00. The van der Waals surface area contributed by atoms with Crippen LogP contribution in [0.5, 0.6) is 0 Å². The van der Waals surface area contributed by atoms with Gasteiger partial charge in [-0.1, -0.05) is 12.1 Å². The molecule has 1 atom stereocenters. The third-order valence-electron chi connectivity index (χ3n) is 3.54. The van der Waals surface area contributed by atoms with Crippen LogP contribution < -0.4 is 4.90 Å². The van der Waals surface area contributed by atoms with Gasteiger partial charge in [-0.05, 0) is 24.6 Å². The molecule has 0 aromatic heterocycles. The van der Waals surface area contributed by atoms with Crippen molar-refractivity contribution in [1.29, 1.82) is 0 Å². The van der Waals surface area contributed by atoms with Crippen molar-refractivity contribution in [3.8, 4) is 0 Å². The standard InChI is InChI=1S/C15H18N2O3/c1-9(18)12-13(17(4)15(20)14(12)19)10-5-7-11(8-6-10)16(2)3/h5-8,13,19H,1-4H3. The van der Waals surface area contributed by atoms with Crippen LogP contribution in [0.3, 0.4) is 0 Å². The van der Waals surface area contributed by atoms with Gasteiger partial charge in [0, 0.05) is 26.8 Å². The van der Waals surface area contributed by atoms with Crippen molar-refractivity contribution < 1.29 is 14.7 Å². The molecule has 106 valence electrons. The number of carbonyl (C=O) groups excluding carboxylic acids is 2. The van der Waals surface area contributed by atoms with Crippen LogP contribution in [0, 0.1) is 0 Å². The number of benzene rings is 1. The van der Waals surface area contributed by atoms with E-state index in [1.807, 2.05) is 43.3 Å². The Bertz CT molecular complexity index is 588. The molecule has 0 bridgehead atoms. The number of Topliss-reactive ketones (excluding diaryl/α,β-unsaturated/α-hetero) is 1. The van der Waals surface area contributed by atoms with Gasteiger partial charge < -0.3 is 14.9 Å². The van der Waals surface area contributed by atoms with Gasteiger partial charge in [-0.15, -0.1) is 0 Å². The first-order valence-electron chi connectivity index (χ1n) is 6.33. The number of hydrogen-bond acceptors (Lipinski definition) is 4. The van der Waals surface area contributed by atoms with Crippen LogP contribution in [0.15, 0.2) is 35.6 Å². The van der Waals surface area contributed by atoms with Gasteiger partial charge >= 0.3 is 0 Å². The summed E-state index contributed by atoms with van der Waals surface area (Å²) in [5.41, 5.74) is 1.99. The lowest BCUT2D eigenvalue weighted by molar-refractivity contribution is -0.128. The van der Waals surface area contributed by atoms with Crippen molar-refractivity contribution >= 4 is 17.4 Å². The molecule has 5 heteroatoms. The van der Waals surface area contributed by atoms with E-state index in [4.69, 9.17) is 0 Å². The first-order valence-corrected chi connectivity index (χ1v) is 6.33. The van der Waals surface area contributed by atoms with Crippen LogP contribution in [-0.4, -0.2) is 42.8 Å². The molecule has 5 nitrogen and oxygen atoms in total. The molecular weight excluding hydrogens is 256 g/mol. The summed E-state index contributed by atoms with van der Waals surface area (Å²) in [6.07, 6.45) is 0. The molecule has 1 N–H and O–H groups in total. The quantitative estimate of drug-likeness (QED) is 0.910. The Labute approximate surface area is 118 Å². The molecule has 1 heterocycles. The Morgan fingerprint density at radius 2 is 1.80 bits per heavy atom. The second-order valence-corrected chi connectivity index (χ2v) is 5.12. The van der Waals surface area contributed by atoms with Crippen LogP contribution in [0.4, 0.5) is 5.69 Å². The fraction of sp³-hybridized carbons (Fsp3) is 0.333. The molecule has 0 fully saturated rings. The highest BCUT2D eigenvalue weighted by molar-refractivity contribution is 6.07. The Kier molecular flexibility index (Phi) is 3.53. The number of carbonyl (C=O) groups is 2. The molecule has 1 aliphatic heterocycles.